The van der Waals surface area contributed by atoms with Crippen molar-refractivity contribution in [3.8, 4) is 0 Å². The maximum absolute atomic E-state index is 12.4. The fourth-order valence-electron chi connectivity index (χ4n) is 2.92. The van der Waals surface area contributed by atoms with Crippen LogP contribution in [0.1, 0.15) is 40.4 Å². The van der Waals surface area contributed by atoms with Crippen molar-refractivity contribution in [2.75, 3.05) is 11.1 Å². The van der Waals surface area contributed by atoms with E-state index < -0.39 is 9.84 Å². The third-order valence-electron chi connectivity index (χ3n) is 4.40. The maximum atomic E-state index is 12.4. The molecule has 0 fully saturated rings. The van der Waals surface area contributed by atoms with Gasteiger partial charge in [-0.15, -0.1) is 11.3 Å². The number of sulfone groups is 1. The van der Waals surface area contributed by atoms with Gasteiger partial charge in [-0.3, -0.25) is 4.79 Å². The number of hydrogen-bond acceptors (Lipinski definition) is 4. The minimum absolute atomic E-state index is 0.0673. The van der Waals surface area contributed by atoms with Gasteiger partial charge < -0.3 is 5.32 Å². The van der Waals surface area contributed by atoms with E-state index in [9.17, 15) is 13.2 Å². The van der Waals surface area contributed by atoms with Gasteiger partial charge in [-0.2, -0.15) is 0 Å². The summed E-state index contributed by atoms with van der Waals surface area (Å²) in [6, 6.07) is 8.35. The average molecular weight is 364 g/mol. The number of fused-ring (bicyclic) bond motifs is 1. The molecule has 0 spiro atoms. The summed E-state index contributed by atoms with van der Waals surface area (Å²) in [4.78, 5) is 14.8. The van der Waals surface area contributed by atoms with E-state index in [1.165, 1.54) is 29.0 Å². The Balaban J connectivity index is 1.73. The molecule has 0 bridgehead atoms. The van der Waals surface area contributed by atoms with Crippen LogP contribution in [0.5, 0.6) is 0 Å². The average Bonchev–Trinajstić information content (AvgIpc) is 2.98. The molecule has 1 N–H and O–H groups in total. The Bertz CT molecular complexity index is 851. The molecule has 1 amide bonds. The number of benzene rings is 1. The second-order valence-corrected chi connectivity index (χ2v) is 9.70. The van der Waals surface area contributed by atoms with Gasteiger partial charge in [0.05, 0.1) is 15.5 Å². The summed E-state index contributed by atoms with van der Waals surface area (Å²) in [6.45, 7) is 3.86. The first-order valence-electron chi connectivity index (χ1n) is 8.15. The van der Waals surface area contributed by atoms with E-state index in [4.69, 9.17) is 0 Å². The minimum Gasteiger partial charge on any atom is -0.321 e. The lowest BCUT2D eigenvalue weighted by Crippen LogP contribution is -2.10. The quantitative estimate of drug-likeness (QED) is 0.895. The first-order valence-corrected chi connectivity index (χ1v) is 10.6. The lowest BCUT2D eigenvalue weighted by molar-refractivity contribution is 0.103. The highest BCUT2D eigenvalue weighted by Crippen LogP contribution is 2.32. The SMILES string of the molecule is CCS(=O)(=O)c1ccc(NC(=O)c2cc3c(s2)CCC(C)C3)cc1. The molecule has 0 saturated carbocycles. The summed E-state index contributed by atoms with van der Waals surface area (Å²) in [5.41, 5.74) is 1.91. The normalized spacial score (nSPS) is 17.3. The number of anilines is 1. The van der Waals surface area contributed by atoms with Crippen LogP contribution in [-0.4, -0.2) is 20.1 Å². The van der Waals surface area contributed by atoms with E-state index in [0.29, 0.717) is 11.6 Å². The molecule has 1 aromatic carbocycles. The molecule has 1 aliphatic rings. The van der Waals surface area contributed by atoms with Crippen molar-refractivity contribution in [2.45, 2.75) is 38.0 Å². The van der Waals surface area contributed by atoms with Gasteiger partial charge in [0, 0.05) is 10.6 Å². The van der Waals surface area contributed by atoms with Gasteiger partial charge in [0.15, 0.2) is 9.84 Å². The Morgan fingerprint density at radius 1 is 1.29 bits per heavy atom. The number of thiophene rings is 1. The van der Waals surface area contributed by atoms with E-state index in [-0.39, 0.29) is 16.6 Å². The first-order chi connectivity index (χ1) is 11.4. The number of nitrogens with one attached hydrogen (secondary N) is 1. The zero-order valence-electron chi connectivity index (χ0n) is 13.8. The number of amides is 1. The van der Waals surface area contributed by atoms with Crippen molar-refractivity contribution in [3.63, 3.8) is 0 Å². The van der Waals surface area contributed by atoms with Gasteiger partial charge in [0.1, 0.15) is 0 Å². The van der Waals surface area contributed by atoms with Gasteiger partial charge >= 0.3 is 0 Å². The third kappa shape index (κ3) is 3.54. The zero-order chi connectivity index (χ0) is 17.3. The van der Waals surface area contributed by atoms with Crippen LogP contribution in [0, 0.1) is 5.92 Å². The van der Waals surface area contributed by atoms with Crippen LogP contribution in [0.15, 0.2) is 35.2 Å². The zero-order valence-corrected chi connectivity index (χ0v) is 15.5. The summed E-state index contributed by atoms with van der Waals surface area (Å²) < 4.78 is 23.6. The number of hydrogen-bond donors (Lipinski definition) is 1. The van der Waals surface area contributed by atoms with E-state index in [0.717, 1.165) is 17.7 Å². The van der Waals surface area contributed by atoms with Gasteiger partial charge in [0.25, 0.3) is 5.91 Å². The molecule has 1 atom stereocenters. The van der Waals surface area contributed by atoms with E-state index >= 15 is 0 Å². The van der Waals surface area contributed by atoms with Gasteiger partial charge in [-0.05, 0) is 61.1 Å². The van der Waals surface area contributed by atoms with Crippen molar-refractivity contribution in [2.24, 2.45) is 5.92 Å². The van der Waals surface area contributed by atoms with Gasteiger partial charge in [-0.1, -0.05) is 13.8 Å². The van der Waals surface area contributed by atoms with Crippen molar-refractivity contribution in [1.29, 1.82) is 0 Å². The number of carbonyl (C=O) groups excluding carboxylic acids is 1. The highest BCUT2D eigenvalue weighted by atomic mass is 32.2. The number of carbonyl (C=O) groups is 1. The van der Waals surface area contributed by atoms with Crippen LogP contribution in [0.4, 0.5) is 5.69 Å². The molecule has 6 heteroatoms. The van der Waals surface area contributed by atoms with Crippen LogP contribution in [0.3, 0.4) is 0 Å². The molecular weight excluding hydrogens is 342 g/mol. The Kier molecular flexibility index (Phi) is 4.78. The Morgan fingerprint density at radius 2 is 2.00 bits per heavy atom. The number of rotatable bonds is 4. The molecule has 1 heterocycles. The summed E-state index contributed by atoms with van der Waals surface area (Å²) >= 11 is 1.57. The Hall–Kier alpha value is -1.66. The molecule has 1 unspecified atom stereocenters. The summed E-state index contributed by atoms with van der Waals surface area (Å²) in [6.07, 6.45) is 3.28. The summed E-state index contributed by atoms with van der Waals surface area (Å²) in [7, 11) is -3.21. The standard InChI is InChI=1S/C18H21NO3S2/c1-3-24(21,22)15-7-5-14(6-8-15)19-18(20)17-11-13-10-12(2)4-9-16(13)23-17/h5-8,11-12H,3-4,9-10H2,1-2H3,(H,19,20). The smallest absolute Gasteiger partial charge is 0.265 e. The predicted octanol–water partition coefficient (Wildman–Crippen LogP) is 3.92. The molecule has 128 valence electrons. The highest BCUT2D eigenvalue weighted by molar-refractivity contribution is 7.91. The molecule has 1 aliphatic carbocycles. The maximum Gasteiger partial charge on any atom is 0.265 e. The molecule has 0 radical (unpaired) electrons. The van der Waals surface area contributed by atoms with E-state index in [1.54, 1.807) is 30.4 Å². The van der Waals surface area contributed by atoms with Crippen LogP contribution < -0.4 is 5.32 Å². The second kappa shape index (κ2) is 6.69. The number of aryl methyl sites for hydroxylation is 1. The summed E-state index contributed by atoms with van der Waals surface area (Å²) in [5, 5.41) is 2.85. The Labute approximate surface area is 146 Å². The largest absolute Gasteiger partial charge is 0.321 e. The van der Waals surface area contributed by atoms with Crippen LogP contribution in [-0.2, 0) is 22.7 Å². The van der Waals surface area contributed by atoms with E-state index in [1.807, 2.05) is 6.07 Å². The second-order valence-electron chi connectivity index (χ2n) is 6.29. The Morgan fingerprint density at radius 3 is 2.67 bits per heavy atom. The molecule has 1 aromatic heterocycles. The molecule has 0 aliphatic heterocycles. The fourth-order valence-corrected chi connectivity index (χ4v) is 4.91. The molecular formula is C18H21NO3S2. The third-order valence-corrected chi connectivity index (χ3v) is 7.39. The van der Waals surface area contributed by atoms with Crippen molar-refractivity contribution in [1.82, 2.24) is 0 Å². The summed E-state index contributed by atoms with van der Waals surface area (Å²) in [5.74, 6) is 0.613. The van der Waals surface area contributed by atoms with Crippen molar-refractivity contribution in [3.05, 3.63) is 45.6 Å². The van der Waals surface area contributed by atoms with Crippen LogP contribution >= 0.6 is 11.3 Å². The van der Waals surface area contributed by atoms with Crippen LogP contribution in [0.2, 0.25) is 0 Å². The van der Waals surface area contributed by atoms with Crippen LogP contribution in [0.25, 0.3) is 0 Å². The monoisotopic (exact) mass is 363 g/mol. The lowest BCUT2D eigenvalue weighted by atomic mass is 9.90. The molecule has 2 aromatic rings. The van der Waals surface area contributed by atoms with Gasteiger partial charge in [0.2, 0.25) is 0 Å². The fraction of sp³-hybridized carbons (Fsp3) is 0.389. The topological polar surface area (TPSA) is 63.2 Å². The molecule has 3 rings (SSSR count). The van der Waals surface area contributed by atoms with Crippen molar-refractivity contribution < 1.29 is 13.2 Å². The molecule has 0 saturated heterocycles. The highest BCUT2D eigenvalue weighted by Gasteiger charge is 2.20. The molecule has 24 heavy (non-hydrogen) atoms. The molecule has 4 nitrogen and oxygen atoms in total. The predicted molar refractivity (Wildman–Crippen MR) is 97.6 cm³/mol. The lowest BCUT2D eigenvalue weighted by Gasteiger charge is -2.16. The van der Waals surface area contributed by atoms with Crippen molar-refractivity contribution >= 4 is 32.8 Å². The van der Waals surface area contributed by atoms with E-state index in [2.05, 4.69) is 12.2 Å². The minimum atomic E-state index is -3.21. The first kappa shape index (κ1) is 17.2. The van der Waals surface area contributed by atoms with Gasteiger partial charge in [-0.25, -0.2) is 8.42 Å².